The van der Waals surface area contributed by atoms with Crippen molar-refractivity contribution in [3.63, 3.8) is 0 Å². The summed E-state index contributed by atoms with van der Waals surface area (Å²) in [6.45, 7) is 1.73. The van der Waals surface area contributed by atoms with Crippen LogP contribution in [-0.2, 0) is 4.84 Å². The summed E-state index contributed by atoms with van der Waals surface area (Å²) in [5, 5.41) is 6.06. The molecule has 0 aliphatic carbocycles. The molecule has 0 amide bonds. The summed E-state index contributed by atoms with van der Waals surface area (Å²) >= 11 is 0. The molecule has 5 heteroatoms. The van der Waals surface area contributed by atoms with Crippen LogP contribution < -0.4 is 5.90 Å². The third-order valence-corrected chi connectivity index (χ3v) is 1.14. The number of H-pyrrole nitrogens is 1. The Balaban J connectivity index is 2.93. The minimum atomic E-state index is -0.602. The molecule has 1 heterocycles. The third kappa shape index (κ3) is 0.985. The molecule has 54 valence electrons. The van der Waals surface area contributed by atoms with Gasteiger partial charge < -0.3 is 4.84 Å². The van der Waals surface area contributed by atoms with Crippen LogP contribution >= 0.6 is 0 Å². The van der Waals surface area contributed by atoms with Gasteiger partial charge >= 0.3 is 5.97 Å². The lowest BCUT2D eigenvalue weighted by Gasteiger charge is -1.92. The van der Waals surface area contributed by atoms with Gasteiger partial charge in [-0.1, -0.05) is 0 Å². The van der Waals surface area contributed by atoms with Crippen molar-refractivity contribution in [3.8, 4) is 0 Å². The largest absolute Gasteiger partial charge is 0.375 e. The number of carbonyl (C=O) groups excluding carboxylic acids is 1. The Morgan fingerprint density at radius 1 is 1.90 bits per heavy atom. The highest BCUT2D eigenvalue weighted by molar-refractivity contribution is 5.88. The lowest BCUT2D eigenvalue weighted by molar-refractivity contribution is 0.0495. The van der Waals surface area contributed by atoms with Crippen LogP contribution in [0.5, 0.6) is 0 Å². The average Bonchev–Trinajstić information content (AvgIpc) is 2.34. The van der Waals surface area contributed by atoms with Gasteiger partial charge in [0.1, 0.15) is 5.69 Å². The van der Waals surface area contributed by atoms with Gasteiger partial charge in [0, 0.05) is 5.56 Å². The van der Waals surface area contributed by atoms with Crippen molar-refractivity contribution in [1.82, 2.24) is 10.2 Å². The molecule has 0 radical (unpaired) electrons. The van der Waals surface area contributed by atoms with E-state index in [1.54, 1.807) is 6.92 Å². The number of hydrogen-bond donors (Lipinski definition) is 2. The number of nitrogens with two attached hydrogens (primary N) is 1. The van der Waals surface area contributed by atoms with E-state index in [1.165, 1.54) is 6.20 Å². The Morgan fingerprint density at radius 2 is 2.60 bits per heavy atom. The topological polar surface area (TPSA) is 81.0 Å². The molecule has 1 rings (SSSR count). The molecule has 0 aromatic carbocycles. The summed E-state index contributed by atoms with van der Waals surface area (Å²) < 4.78 is 0. The number of nitrogens with zero attached hydrogens (tertiary/aromatic N) is 1. The van der Waals surface area contributed by atoms with Crippen LogP contribution in [0.25, 0.3) is 0 Å². The van der Waals surface area contributed by atoms with Crippen molar-refractivity contribution in [3.05, 3.63) is 17.5 Å². The van der Waals surface area contributed by atoms with Gasteiger partial charge in [-0.3, -0.25) is 5.10 Å². The molecule has 0 saturated heterocycles. The molecule has 3 N–H and O–H groups in total. The van der Waals surface area contributed by atoms with Crippen molar-refractivity contribution in [2.75, 3.05) is 0 Å². The van der Waals surface area contributed by atoms with Gasteiger partial charge in [0.15, 0.2) is 0 Å². The molecule has 0 spiro atoms. The van der Waals surface area contributed by atoms with Gasteiger partial charge in [-0.2, -0.15) is 11.0 Å². The fourth-order valence-corrected chi connectivity index (χ4v) is 0.612. The minimum absolute atomic E-state index is 0.294. The quantitative estimate of drug-likeness (QED) is 0.528. The van der Waals surface area contributed by atoms with Crippen LogP contribution in [-0.4, -0.2) is 16.2 Å². The fourth-order valence-electron chi connectivity index (χ4n) is 0.612. The van der Waals surface area contributed by atoms with Crippen LogP contribution in [0.3, 0.4) is 0 Å². The highest BCUT2D eigenvalue weighted by Gasteiger charge is 2.10. The maximum absolute atomic E-state index is 10.7. The Bertz CT molecular complexity index is 243. The highest BCUT2D eigenvalue weighted by atomic mass is 16.7. The first-order valence-electron chi connectivity index (χ1n) is 2.66. The summed E-state index contributed by atoms with van der Waals surface area (Å²) in [7, 11) is 0. The highest BCUT2D eigenvalue weighted by Crippen LogP contribution is 2.01. The lowest BCUT2D eigenvalue weighted by Crippen LogP contribution is -2.11. The van der Waals surface area contributed by atoms with Gasteiger partial charge in [0.25, 0.3) is 0 Å². The summed E-state index contributed by atoms with van der Waals surface area (Å²) in [5.41, 5.74) is 1.01. The summed E-state index contributed by atoms with van der Waals surface area (Å²) in [6, 6.07) is 0. The van der Waals surface area contributed by atoms with Gasteiger partial charge in [-0.05, 0) is 6.92 Å². The van der Waals surface area contributed by atoms with Crippen LogP contribution in [0.1, 0.15) is 16.1 Å². The van der Waals surface area contributed by atoms with Crippen LogP contribution in [0.15, 0.2) is 6.20 Å². The molecular formula is C5H7N3O2. The molecule has 0 bridgehead atoms. The number of aromatic nitrogens is 2. The molecule has 0 atom stereocenters. The SMILES string of the molecule is Cc1cn[nH]c1C(=O)ON. The van der Waals surface area contributed by atoms with Gasteiger partial charge in [-0.25, -0.2) is 4.79 Å². The monoisotopic (exact) mass is 141 g/mol. The number of carbonyl (C=O) groups is 1. The number of aryl methyl sites for hydroxylation is 1. The van der Waals surface area contributed by atoms with Crippen molar-refractivity contribution in [2.24, 2.45) is 5.90 Å². The molecule has 0 saturated carbocycles. The van der Waals surface area contributed by atoms with E-state index in [2.05, 4.69) is 20.9 Å². The van der Waals surface area contributed by atoms with E-state index >= 15 is 0 Å². The second-order valence-electron chi connectivity index (χ2n) is 1.83. The van der Waals surface area contributed by atoms with E-state index in [0.29, 0.717) is 5.69 Å². The number of aromatic amines is 1. The average molecular weight is 141 g/mol. The molecule has 10 heavy (non-hydrogen) atoms. The normalized spacial score (nSPS) is 9.40. The maximum Gasteiger partial charge on any atom is 0.375 e. The maximum atomic E-state index is 10.7. The molecule has 5 nitrogen and oxygen atoms in total. The summed E-state index contributed by atoms with van der Waals surface area (Å²) in [5.74, 6) is 4.03. The third-order valence-electron chi connectivity index (χ3n) is 1.14. The molecule has 1 aromatic rings. The van der Waals surface area contributed by atoms with Crippen molar-refractivity contribution >= 4 is 5.97 Å². The second-order valence-corrected chi connectivity index (χ2v) is 1.83. The Hall–Kier alpha value is -1.36. The predicted molar refractivity (Wildman–Crippen MR) is 32.9 cm³/mol. The smallest absolute Gasteiger partial charge is 0.368 e. The van der Waals surface area contributed by atoms with Gasteiger partial charge in [0.2, 0.25) is 0 Å². The Morgan fingerprint density at radius 3 is 3.00 bits per heavy atom. The first-order chi connectivity index (χ1) is 4.75. The van der Waals surface area contributed by atoms with E-state index in [9.17, 15) is 4.79 Å². The standard InChI is InChI=1S/C5H7N3O2/c1-3-2-7-8-4(3)5(9)10-6/h2H,6H2,1H3,(H,7,8). The Labute approximate surface area is 57.1 Å². The van der Waals surface area contributed by atoms with Crippen LogP contribution in [0.2, 0.25) is 0 Å². The Kier molecular flexibility index (Phi) is 1.68. The first kappa shape index (κ1) is 6.76. The zero-order valence-corrected chi connectivity index (χ0v) is 5.42. The predicted octanol–water partition coefficient (Wildman–Crippen LogP) is -0.251. The molecule has 0 fully saturated rings. The zero-order valence-electron chi connectivity index (χ0n) is 5.42. The van der Waals surface area contributed by atoms with Gasteiger partial charge in [-0.15, -0.1) is 0 Å². The van der Waals surface area contributed by atoms with Crippen LogP contribution in [0, 0.1) is 6.92 Å². The minimum Gasteiger partial charge on any atom is -0.368 e. The number of hydrogen-bond acceptors (Lipinski definition) is 4. The molecular weight excluding hydrogens is 134 g/mol. The molecule has 0 unspecified atom stereocenters. The molecule has 0 aliphatic heterocycles. The number of nitrogens with one attached hydrogen (secondary N) is 1. The summed E-state index contributed by atoms with van der Waals surface area (Å²) in [4.78, 5) is 14.6. The zero-order chi connectivity index (χ0) is 7.56. The fraction of sp³-hybridized carbons (Fsp3) is 0.200. The van der Waals surface area contributed by atoms with E-state index in [1.807, 2.05) is 0 Å². The van der Waals surface area contributed by atoms with Crippen molar-refractivity contribution in [2.45, 2.75) is 6.92 Å². The lowest BCUT2D eigenvalue weighted by atomic mass is 10.3. The van der Waals surface area contributed by atoms with E-state index < -0.39 is 5.97 Å². The van der Waals surface area contributed by atoms with E-state index in [0.717, 1.165) is 5.56 Å². The number of rotatable bonds is 1. The molecule has 1 aromatic heterocycles. The van der Waals surface area contributed by atoms with Crippen molar-refractivity contribution < 1.29 is 9.63 Å². The second kappa shape index (κ2) is 2.49. The first-order valence-corrected chi connectivity index (χ1v) is 2.66. The van der Waals surface area contributed by atoms with Crippen LogP contribution in [0.4, 0.5) is 0 Å². The van der Waals surface area contributed by atoms with E-state index in [-0.39, 0.29) is 0 Å². The van der Waals surface area contributed by atoms with E-state index in [4.69, 9.17) is 0 Å². The van der Waals surface area contributed by atoms with Gasteiger partial charge in [0.05, 0.1) is 6.20 Å². The molecule has 0 aliphatic rings. The van der Waals surface area contributed by atoms with Crippen molar-refractivity contribution in [1.29, 1.82) is 0 Å². The summed E-state index contributed by atoms with van der Waals surface area (Å²) in [6.07, 6.45) is 1.52.